The van der Waals surface area contributed by atoms with Crippen molar-refractivity contribution in [3.63, 3.8) is 0 Å². The zero-order chi connectivity index (χ0) is 12.3. The van der Waals surface area contributed by atoms with Crippen LogP contribution >= 0.6 is 0 Å². The van der Waals surface area contributed by atoms with Crippen LogP contribution in [-0.2, 0) is 10.8 Å². The first-order chi connectivity index (χ1) is 8.15. The van der Waals surface area contributed by atoms with E-state index in [1.807, 2.05) is 6.07 Å². The van der Waals surface area contributed by atoms with E-state index < -0.39 is 10.8 Å². The molecule has 2 rings (SSSR count). The lowest BCUT2D eigenvalue weighted by atomic mass is 10.3. The van der Waals surface area contributed by atoms with Gasteiger partial charge in [-0.3, -0.25) is 4.21 Å². The van der Waals surface area contributed by atoms with Crippen molar-refractivity contribution in [1.29, 1.82) is 0 Å². The van der Waals surface area contributed by atoms with Gasteiger partial charge in [0.15, 0.2) is 5.58 Å². The van der Waals surface area contributed by atoms with Crippen molar-refractivity contribution in [3.05, 3.63) is 18.2 Å². The summed E-state index contributed by atoms with van der Waals surface area (Å²) in [5.74, 6) is 0.681. The van der Waals surface area contributed by atoms with E-state index in [9.17, 15) is 4.21 Å². The van der Waals surface area contributed by atoms with E-state index in [0.29, 0.717) is 29.6 Å². The van der Waals surface area contributed by atoms with Gasteiger partial charge < -0.3 is 15.5 Å². The number of benzene rings is 1. The number of anilines is 2. The van der Waals surface area contributed by atoms with Crippen LogP contribution in [0.1, 0.15) is 6.42 Å². The van der Waals surface area contributed by atoms with E-state index in [-0.39, 0.29) is 0 Å². The van der Waals surface area contributed by atoms with Gasteiger partial charge in [-0.25, -0.2) is 0 Å². The van der Waals surface area contributed by atoms with Crippen molar-refractivity contribution in [2.24, 2.45) is 0 Å². The molecule has 0 bridgehead atoms. The lowest BCUT2D eigenvalue weighted by Crippen LogP contribution is -2.06. The quantitative estimate of drug-likeness (QED) is 0.624. The summed E-state index contributed by atoms with van der Waals surface area (Å²) in [6, 6.07) is 5.83. The number of nitrogens with one attached hydrogen (secondary N) is 1. The highest BCUT2D eigenvalue weighted by molar-refractivity contribution is 7.84. The van der Waals surface area contributed by atoms with Gasteiger partial charge in [-0.05, 0) is 18.6 Å². The van der Waals surface area contributed by atoms with Gasteiger partial charge in [0, 0.05) is 41.1 Å². The summed E-state index contributed by atoms with van der Waals surface area (Å²) >= 11 is 0. The maximum atomic E-state index is 10.9. The number of nitrogens with two attached hydrogens (primary N) is 1. The Bertz CT molecular complexity index is 538. The molecule has 0 saturated carbocycles. The third-order valence-corrected chi connectivity index (χ3v) is 3.16. The normalized spacial score (nSPS) is 12.8. The molecule has 0 aliphatic rings. The molecule has 1 atom stereocenters. The number of nitrogens with zero attached hydrogens (tertiary/aromatic N) is 1. The van der Waals surface area contributed by atoms with E-state index in [0.717, 1.165) is 11.9 Å². The van der Waals surface area contributed by atoms with E-state index in [1.165, 1.54) is 0 Å². The monoisotopic (exact) mass is 253 g/mol. The molecular formula is C11H15N3O2S. The number of aromatic nitrogens is 1. The Morgan fingerprint density at radius 3 is 3.12 bits per heavy atom. The number of fused-ring (bicyclic) bond motifs is 1. The van der Waals surface area contributed by atoms with Gasteiger partial charge in [-0.1, -0.05) is 0 Å². The molecule has 1 aromatic carbocycles. The number of rotatable bonds is 5. The van der Waals surface area contributed by atoms with Crippen molar-refractivity contribution in [1.82, 2.24) is 4.98 Å². The topological polar surface area (TPSA) is 81.2 Å². The highest BCUT2D eigenvalue weighted by atomic mass is 32.2. The molecule has 0 amide bonds. The highest BCUT2D eigenvalue weighted by Crippen LogP contribution is 2.20. The lowest BCUT2D eigenvalue weighted by molar-refractivity contribution is 0.614. The largest absolute Gasteiger partial charge is 0.423 e. The predicted octanol–water partition coefficient (Wildman–Crippen LogP) is 1.59. The third-order valence-electron chi connectivity index (χ3n) is 2.30. The average molecular weight is 253 g/mol. The van der Waals surface area contributed by atoms with Crippen molar-refractivity contribution >= 4 is 33.6 Å². The third kappa shape index (κ3) is 3.20. The van der Waals surface area contributed by atoms with Gasteiger partial charge in [0.1, 0.15) is 5.52 Å². The van der Waals surface area contributed by atoms with E-state index in [4.69, 9.17) is 10.2 Å². The summed E-state index contributed by atoms with van der Waals surface area (Å²) < 4.78 is 16.3. The van der Waals surface area contributed by atoms with Gasteiger partial charge in [0.05, 0.1) is 0 Å². The van der Waals surface area contributed by atoms with Crippen LogP contribution in [-0.4, -0.2) is 27.7 Å². The second-order valence-corrected chi connectivity index (χ2v) is 5.36. The SMILES string of the molecule is CS(=O)CCCNc1nc2ccc(N)cc2o1. The van der Waals surface area contributed by atoms with Crippen LogP contribution in [0.2, 0.25) is 0 Å². The zero-order valence-electron chi connectivity index (χ0n) is 9.60. The zero-order valence-corrected chi connectivity index (χ0v) is 10.4. The molecule has 1 heterocycles. The summed E-state index contributed by atoms with van der Waals surface area (Å²) in [6.45, 7) is 0.696. The van der Waals surface area contributed by atoms with Crippen LogP contribution in [0.25, 0.3) is 11.1 Å². The number of hydrogen-bond acceptors (Lipinski definition) is 5. The molecule has 1 unspecified atom stereocenters. The molecule has 0 aliphatic heterocycles. The molecule has 2 aromatic rings. The molecule has 0 aliphatic carbocycles. The first-order valence-electron chi connectivity index (χ1n) is 5.35. The minimum absolute atomic E-state index is 0.479. The van der Waals surface area contributed by atoms with Crippen LogP contribution in [0.3, 0.4) is 0 Å². The maximum absolute atomic E-state index is 10.9. The van der Waals surface area contributed by atoms with Crippen molar-refractivity contribution in [2.75, 3.05) is 29.6 Å². The predicted molar refractivity (Wildman–Crippen MR) is 70.5 cm³/mol. The molecule has 0 saturated heterocycles. The molecule has 17 heavy (non-hydrogen) atoms. The summed E-state index contributed by atoms with van der Waals surface area (Å²) in [5.41, 5.74) is 7.75. The van der Waals surface area contributed by atoms with Gasteiger partial charge in [0.25, 0.3) is 6.01 Å². The Kier molecular flexibility index (Phi) is 3.63. The van der Waals surface area contributed by atoms with E-state index in [2.05, 4.69) is 10.3 Å². The summed E-state index contributed by atoms with van der Waals surface area (Å²) in [7, 11) is -0.749. The molecule has 3 N–H and O–H groups in total. The minimum atomic E-state index is -0.749. The van der Waals surface area contributed by atoms with Crippen molar-refractivity contribution in [3.8, 4) is 0 Å². The molecule has 0 fully saturated rings. The molecule has 6 heteroatoms. The Balaban J connectivity index is 1.97. The van der Waals surface area contributed by atoms with E-state index in [1.54, 1.807) is 18.4 Å². The fourth-order valence-corrected chi connectivity index (χ4v) is 2.04. The Hall–Kier alpha value is -1.56. The Labute approximate surface area is 102 Å². The number of hydrogen-bond donors (Lipinski definition) is 2. The standard InChI is InChI=1S/C11H15N3O2S/c1-17(15)6-2-5-13-11-14-9-4-3-8(12)7-10(9)16-11/h3-4,7H,2,5-6,12H2,1H3,(H,13,14). The van der Waals surface area contributed by atoms with Gasteiger partial charge in [-0.2, -0.15) is 4.98 Å². The van der Waals surface area contributed by atoms with Crippen LogP contribution in [0.5, 0.6) is 0 Å². The highest BCUT2D eigenvalue weighted by Gasteiger charge is 2.04. The molecule has 92 valence electrons. The number of oxazole rings is 1. The first-order valence-corrected chi connectivity index (χ1v) is 7.08. The minimum Gasteiger partial charge on any atom is -0.423 e. The fraction of sp³-hybridized carbons (Fsp3) is 0.364. The lowest BCUT2D eigenvalue weighted by Gasteiger charge is -1.99. The average Bonchev–Trinajstić information content (AvgIpc) is 2.66. The smallest absolute Gasteiger partial charge is 0.295 e. The summed E-state index contributed by atoms with van der Waals surface area (Å²) in [6.07, 6.45) is 2.52. The van der Waals surface area contributed by atoms with Crippen molar-refractivity contribution in [2.45, 2.75) is 6.42 Å². The first kappa shape index (κ1) is 11.9. The Morgan fingerprint density at radius 1 is 1.53 bits per heavy atom. The summed E-state index contributed by atoms with van der Waals surface area (Å²) in [4.78, 5) is 4.26. The van der Waals surface area contributed by atoms with Crippen LogP contribution in [0.4, 0.5) is 11.7 Å². The van der Waals surface area contributed by atoms with E-state index >= 15 is 0 Å². The van der Waals surface area contributed by atoms with Crippen LogP contribution in [0.15, 0.2) is 22.6 Å². The summed E-state index contributed by atoms with van der Waals surface area (Å²) in [5, 5.41) is 3.06. The molecule has 0 radical (unpaired) electrons. The maximum Gasteiger partial charge on any atom is 0.295 e. The second-order valence-electron chi connectivity index (χ2n) is 3.80. The molecular weight excluding hydrogens is 238 g/mol. The molecule has 0 spiro atoms. The van der Waals surface area contributed by atoms with Gasteiger partial charge in [0.2, 0.25) is 0 Å². The second kappa shape index (κ2) is 5.18. The van der Waals surface area contributed by atoms with Gasteiger partial charge >= 0.3 is 0 Å². The van der Waals surface area contributed by atoms with Crippen LogP contribution in [0, 0.1) is 0 Å². The Morgan fingerprint density at radius 2 is 2.35 bits per heavy atom. The van der Waals surface area contributed by atoms with Crippen LogP contribution < -0.4 is 11.1 Å². The fourth-order valence-electron chi connectivity index (χ4n) is 1.49. The molecule has 5 nitrogen and oxygen atoms in total. The number of nitrogen functional groups attached to an aromatic ring is 1. The molecule has 1 aromatic heterocycles. The van der Waals surface area contributed by atoms with Crippen molar-refractivity contribution < 1.29 is 8.63 Å². The van der Waals surface area contributed by atoms with Gasteiger partial charge in [-0.15, -0.1) is 0 Å².